The second kappa shape index (κ2) is 4.44. The van der Waals surface area contributed by atoms with Gasteiger partial charge in [-0.2, -0.15) is 0 Å². The van der Waals surface area contributed by atoms with Crippen LogP contribution in [0.4, 0.5) is 5.95 Å². The van der Waals surface area contributed by atoms with Crippen molar-refractivity contribution in [2.75, 3.05) is 5.32 Å². The Hall–Kier alpha value is -1.69. The molecule has 0 aliphatic heterocycles. The van der Waals surface area contributed by atoms with Gasteiger partial charge in [-0.15, -0.1) is 21.5 Å². The molecule has 2 aromatic rings. The lowest BCUT2D eigenvalue weighted by molar-refractivity contribution is 0.846. The predicted molar refractivity (Wildman–Crippen MR) is 64.7 cm³/mol. The summed E-state index contributed by atoms with van der Waals surface area (Å²) in [7, 11) is 0. The molecule has 0 aliphatic rings. The highest BCUT2D eigenvalue weighted by Crippen LogP contribution is 2.18. The summed E-state index contributed by atoms with van der Waals surface area (Å²) in [5.74, 6) is 0.403. The van der Waals surface area contributed by atoms with Crippen LogP contribution in [0.2, 0.25) is 0 Å². The van der Waals surface area contributed by atoms with Crippen LogP contribution in [0.25, 0.3) is 10.6 Å². The molecule has 0 unspecified atom stereocenters. The van der Waals surface area contributed by atoms with E-state index in [1.54, 1.807) is 0 Å². The molecule has 0 radical (unpaired) electrons. The van der Waals surface area contributed by atoms with Crippen LogP contribution in [0.5, 0.6) is 0 Å². The molecule has 0 atom stereocenters. The van der Waals surface area contributed by atoms with E-state index in [0.717, 1.165) is 4.88 Å². The molecular formula is C10H12N4OS. The number of H-pyrrole nitrogens is 1. The molecular weight excluding hydrogens is 224 g/mol. The van der Waals surface area contributed by atoms with Crippen molar-refractivity contribution in [2.24, 2.45) is 0 Å². The molecule has 0 saturated heterocycles. The lowest BCUT2D eigenvalue weighted by Crippen LogP contribution is -2.19. The molecule has 2 rings (SSSR count). The van der Waals surface area contributed by atoms with Crippen molar-refractivity contribution < 1.29 is 0 Å². The molecule has 0 bridgehead atoms. The van der Waals surface area contributed by atoms with Gasteiger partial charge in [0.15, 0.2) is 5.69 Å². The quantitative estimate of drug-likeness (QED) is 0.851. The number of hydrogen-bond donors (Lipinski definition) is 2. The summed E-state index contributed by atoms with van der Waals surface area (Å²) in [6.07, 6.45) is 0. The Bertz CT molecular complexity index is 518. The highest BCUT2D eigenvalue weighted by atomic mass is 32.1. The zero-order chi connectivity index (χ0) is 11.5. The maximum Gasteiger partial charge on any atom is 0.279 e. The van der Waals surface area contributed by atoms with Gasteiger partial charge in [-0.3, -0.25) is 9.78 Å². The maximum atomic E-state index is 11.7. The molecule has 0 aliphatic carbocycles. The number of aromatic nitrogens is 3. The molecule has 0 saturated carbocycles. The van der Waals surface area contributed by atoms with Crippen molar-refractivity contribution in [1.82, 2.24) is 15.2 Å². The van der Waals surface area contributed by atoms with Gasteiger partial charge in [0.2, 0.25) is 5.95 Å². The largest absolute Gasteiger partial charge is 0.352 e. The van der Waals surface area contributed by atoms with Crippen LogP contribution < -0.4 is 10.9 Å². The molecule has 2 aromatic heterocycles. The summed E-state index contributed by atoms with van der Waals surface area (Å²) in [5.41, 5.74) is 0.143. The minimum absolute atomic E-state index is 0.206. The van der Waals surface area contributed by atoms with E-state index in [-0.39, 0.29) is 11.6 Å². The van der Waals surface area contributed by atoms with Crippen LogP contribution in [0, 0.1) is 0 Å². The Labute approximate surface area is 96.6 Å². The van der Waals surface area contributed by atoms with Crippen LogP contribution in [-0.2, 0) is 0 Å². The van der Waals surface area contributed by atoms with Crippen LogP contribution in [0.3, 0.4) is 0 Å². The first-order valence-electron chi connectivity index (χ1n) is 4.94. The molecule has 0 amide bonds. The first kappa shape index (κ1) is 10.8. The summed E-state index contributed by atoms with van der Waals surface area (Å²) in [4.78, 5) is 15.2. The molecule has 5 nitrogen and oxygen atoms in total. The topological polar surface area (TPSA) is 70.7 Å². The first-order chi connectivity index (χ1) is 7.66. The number of nitrogens with zero attached hydrogens (tertiary/aromatic N) is 2. The second-order valence-corrected chi connectivity index (χ2v) is 4.58. The minimum atomic E-state index is -0.222. The van der Waals surface area contributed by atoms with E-state index in [4.69, 9.17) is 0 Å². The van der Waals surface area contributed by atoms with Crippen molar-refractivity contribution in [1.29, 1.82) is 0 Å². The molecule has 2 heterocycles. The van der Waals surface area contributed by atoms with Gasteiger partial charge in [0.05, 0.1) is 4.88 Å². The molecule has 0 aromatic carbocycles. The van der Waals surface area contributed by atoms with Crippen molar-refractivity contribution in [3.8, 4) is 10.6 Å². The Morgan fingerprint density at radius 3 is 2.81 bits per heavy atom. The number of anilines is 1. The summed E-state index contributed by atoms with van der Waals surface area (Å²) < 4.78 is 0. The lowest BCUT2D eigenvalue weighted by Gasteiger charge is -2.07. The van der Waals surface area contributed by atoms with E-state index in [0.29, 0.717) is 11.6 Å². The highest BCUT2D eigenvalue weighted by molar-refractivity contribution is 7.13. The summed E-state index contributed by atoms with van der Waals surface area (Å²) >= 11 is 1.47. The highest BCUT2D eigenvalue weighted by Gasteiger charge is 2.08. The van der Waals surface area contributed by atoms with E-state index < -0.39 is 0 Å². The number of aromatic amines is 1. The second-order valence-electron chi connectivity index (χ2n) is 3.63. The van der Waals surface area contributed by atoms with Gasteiger partial charge in [0.25, 0.3) is 5.56 Å². The standard InChI is InChI=1S/C10H12N4OS/c1-6(2)11-10-12-9(15)8(13-14-10)7-4-3-5-16-7/h3-6H,1-2H3,(H2,11,12,14,15). The number of hydrogen-bond acceptors (Lipinski definition) is 5. The average Bonchev–Trinajstić information content (AvgIpc) is 2.69. The Balaban J connectivity index is 2.34. The van der Waals surface area contributed by atoms with Gasteiger partial charge >= 0.3 is 0 Å². The third-order valence-corrected chi connectivity index (χ3v) is 2.75. The first-order valence-corrected chi connectivity index (χ1v) is 5.82. The minimum Gasteiger partial charge on any atom is -0.352 e. The smallest absolute Gasteiger partial charge is 0.279 e. The molecule has 6 heteroatoms. The van der Waals surface area contributed by atoms with E-state index >= 15 is 0 Å². The lowest BCUT2D eigenvalue weighted by atomic mass is 10.4. The fourth-order valence-electron chi connectivity index (χ4n) is 1.25. The summed E-state index contributed by atoms with van der Waals surface area (Å²) in [6.45, 7) is 3.93. The van der Waals surface area contributed by atoms with Crippen molar-refractivity contribution >= 4 is 17.3 Å². The van der Waals surface area contributed by atoms with Gasteiger partial charge < -0.3 is 5.32 Å². The van der Waals surface area contributed by atoms with E-state index in [1.807, 2.05) is 31.4 Å². The Kier molecular flexibility index (Phi) is 3.00. The molecule has 16 heavy (non-hydrogen) atoms. The summed E-state index contributed by atoms with van der Waals surface area (Å²) in [6, 6.07) is 3.93. The Morgan fingerprint density at radius 1 is 1.44 bits per heavy atom. The number of rotatable bonds is 3. The van der Waals surface area contributed by atoms with Crippen molar-refractivity contribution in [3.63, 3.8) is 0 Å². The van der Waals surface area contributed by atoms with Gasteiger partial charge in [-0.05, 0) is 25.3 Å². The third kappa shape index (κ3) is 2.27. The maximum absolute atomic E-state index is 11.7. The zero-order valence-corrected chi connectivity index (χ0v) is 9.84. The SMILES string of the molecule is CC(C)Nc1nnc(-c2cccs2)c(=O)[nH]1. The van der Waals surface area contributed by atoms with Gasteiger partial charge in [0, 0.05) is 6.04 Å². The van der Waals surface area contributed by atoms with E-state index in [2.05, 4.69) is 20.5 Å². The van der Waals surface area contributed by atoms with E-state index in [1.165, 1.54) is 11.3 Å². The fraction of sp³-hybridized carbons (Fsp3) is 0.300. The monoisotopic (exact) mass is 236 g/mol. The van der Waals surface area contributed by atoms with Crippen LogP contribution in [-0.4, -0.2) is 21.2 Å². The zero-order valence-electron chi connectivity index (χ0n) is 9.02. The third-order valence-electron chi connectivity index (χ3n) is 1.88. The van der Waals surface area contributed by atoms with Crippen LogP contribution in [0.15, 0.2) is 22.3 Å². The summed E-state index contributed by atoms with van der Waals surface area (Å²) in [5, 5.41) is 12.7. The van der Waals surface area contributed by atoms with E-state index in [9.17, 15) is 4.79 Å². The van der Waals surface area contributed by atoms with Crippen molar-refractivity contribution in [3.05, 3.63) is 27.9 Å². The molecule has 0 spiro atoms. The van der Waals surface area contributed by atoms with Crippen molar-refractivity contribution in [2.45, 2.75) is 19.9 Å². The predicted octanol–water partition coefficient (Wildman–Crippen LogP) is 1.71. The normalized spacial score (nSPS) is 10.7. The molecule has 0 fully saturated rings. The number of nitrogens with one attached hydrogen (secondary N) is 2. The molecule has 84 valence electrons. The fourth-order valence-corrected chi connectivity index (χ4v) is 1.96. The van der Waals surface area contributed by atoms with Gasteiger partial charge in [-0.1, -0.05) is 6.07 Å². The Morgan fingerprint density at radius 2 is 2.25 bits per heavy atom. The molecule has 2 N–H and O–H groups in total. The average molecular weight is 236 g/mol. The van der Waals surface area contributed by atoms with Crippen LogP contribution in [0.1, 0.15) is 13.8 Å². The number of thiophene rings is 1. The van der Waals surface area contributed by atoms with Gasteiger partial charge in [0.1, 0.15) is 0 Å². The van der Waals surface area contributed by atoms with Gasteiger partial charge in [-0.25, -0.2) is 0 Å². The van der Waals surface area contributed by atoms with Crippen LogP contribution >= 0.6 is 11.3 Å².